The number of amides is 6. The highest BCUT2D eigenvalue weighted by Crippen LogP contribution is 2.11. The lowest BCUT2D eigenvalue weighted by atomic mass is 10.1. The van der Waals surface area contributed by atoms with E-state index < -0.39 is 48.4 Å². The smallest absolute Gasteiger partial charge is 0.328 e. The van der Waals surface area contributed by atoms with E-state index in [9.17, 15) is 33.7 Å². The van der Waals surface area contributed by atoms with Crippen LogP contribution in [-0.4, -0.2) is 122 Å². The summed E-state index contributed by atoms with van der Waals surface area (Å²) < 4.78 is 4.77. The van der Waals surface area contributed by atoms with Crippen LogP contribution in [0, 0.1) is 4.91 Å². The van der Waals surface area contributed by atoms with E-state index in [4.69, 9.17) is 4.74 Å². The molecule has 194 valence electrons. The van der Waals surface area contributed by atoms with Gasteiger partial charge in [-0.25, -0.2) is 9.59 Å². The van der Waals surface area contributed by atoms with Gasteiger partial charge in [0, 0.05) is 39.1 Å². The van der Waals surface area contributed by atoms with E-state index in [1.165, 1.54) is 4.90 Å². The predicted molar refractivity (Wildman–Crippen MR) is 120 cm³/mol. The molecule has 0 aromatic carbocycles. The van der Waals surface area contributed by atoms with Crippen molar-refractivity contribution in [2.24, 2.45) is 5.18 Å². The van der Waals surface area contributed by atoms with Crippen molar-refractivity contribution in [1.29, 1.82) is 0 Å². The molecular weight excluding hydrogens is 466 g/mol. The topological polar surface area (TPSA) is 187 Å². The zero-order valence-corrected chi connectivity index (χ0v) is 19.6. The van der Waals surface area contributed by atoms with Crippen LogP contribution >= 0.6 is 0 Å². The summed E-state index contributed by atoms with van der Waals surface area (Å²) in [5.74, 6) is -1.97. The molecule has 35 heavy (non-hydrogen) atoms. The Labute approximate surface area is 201 Å². The van der Waals surface area contributed by atoms with Gasteiger partial charge in [0.25, 0.3) is 0 Å². The summed E-state index contributed by atoms with van der Waals surface area (Å²) in [6.07, 6.45) is 0.775. The molecule has 2 aliphatic rings. The van der Waals surface area contributed by atoms with E-state index in [-0.39, 0.29) is 45.6 Å². The van der Waals surface area contributed by atoms with Gasteiger partial charge in [-0.1, -0.05) is 5.18 Å². The number of carbonyl (C=O) groups is 6. The lowest BCUT2D eigenvalue weighted by molar-refractivity contribution is -0.141. The first kappa shape index (κ1) is 27.6. The third kappa shape index (κ3) is 8.27. The molecule has 15 heteroatoms. The zero-order chi connectivity index (χ0) is 25.8. The Morgan fingerprint density at radius 2 is 1.91 bits per heavy atom. The molecule has 0 bridgehead atoms. The molecule has 2 atom stereocenters. The highest BCUT2D eigenvalue weighted by molar-refractivity contribution is 5.91. The maximum Gasteiger partial charge on any atom is 0.328 e. The summed E-state index contributed by atoms with van der Waals surface area (Å²) in [4.78, 5) is 86.4. The number of carbonyl (C=O) groups excluding carboxylic acids is 6. The molecule has 2 heterocycles. The molecule has 0 saturated carbocycles. The van der Waals surface area contributed by atoms with Crippen molar-refractivity contribution in [2.45, 2.75) is 31.8 Å². The van der Waals surface area contributed by atoms with Crippen LogP contribution in [0.4, 0.5) is 4.79 Å². The minimum Gasteiger partial charge on any atom is -0.464 e. The Hall–Kier alpha value is -3.62. The predicted octanol–water partition coefficient (Wildman–Crippen LogP) is -2.61. The van der Waals surface area contributed by atoms with Crippen molar-refractivity contribution >= 4 is 36.1 Å². The standard InChI is InChI=1S/C20H31N7O8/c1-2-21-20(33)27(13-28)12-17(30)26-8-6-25(7-9-26)15(3-5-23-34)18(31)22-11-16(29)24-14-4-10-35-19(14)32/h13-15H,2-12H2,1H3,(H,21,33)(H,22,31)(H,24,29). The number of nitrogens with zero attached hydrogens (tertiary/aromatic N) is 4. The molecule has 6 amide bonds. The molecule has 0 aromatic rings. The summed E-state index contributed by atoms with van der Waals surface area (Å²) in [6.45, 7) is 2.42. The van der Waals surface area contributed by atoms with Gasteiger partial charge >= 0.3 is 12.0 Å². The number of hydrogen-bond donors (Lipinski definition) is 3. The number of rotatable bonds is 12. The van der Waals surface area contributed by atoms with Crippen LogP contribution in [0.2, 0.25) is 0 Å². The maximum atomic E-state index is 12.8. The van der Waals surface area contributed by atoms with Crippen molar-refractivity contribution in [3.63, 3.8) is 0 Å². The Bertz CT molecular complexity index is 815. The second-order valence-corrected chi connectivity index (χ2v) is 7.94. The largest absolute Gasteiger partial charge is 0.464 e. The molecular formula is C20H31N7O8. The molecule has 0 aliphatic carbocycles. The second-order valence-electron chi connectivity index (χ2n) is 7.94. The Kier molecular flexibility index (Phi) is 11.0. The van der Waals surface area contributed by atoms with Crippen molar-refractivity contribution in [3.8, 4) is 0 Å². The highest BCUT2D eigenvalue weighted by atomic mass is 16.5. The second kappa shape index (κ2) is 13.9. The lowest BCUT2D eigenvalue weighted by Gasteiger charge is -2.38. The number of esters is 1. The number of piperazine rings is 1. The number of nitroso groups, excluding NO2 is 1. The molecule has 0 spiro atoms. The fourth-order valence-electron chi connectivity index (χ4n) is 3.75. The van der Waals surface area contributed by atoms with E-state index >= 15 is 0 Å². The third-order valence-corrected chi connectivity index (χ3v) is 5.62. The number of urea groups is 1. The van der Waals surface area contributed by atoms with Crippen LogP contribution in [0.25, 0.3) is 0 Å². The molecule has 2 fully saturated rings. The average Bonchev–Trinajstić information content (AvgIpc) is 3.25. The van der Waals surface area contributed by atoms with E-state index in [1.54, 1.807) is 11.8 Å². The van der Waals surface area contributed by atoms with Gasteiger partial charge in [-0.3, -0.25) is 29.0 Å². The van der Waals surface area contributed by atoms with E-state index in [1.807, 2.05) is 0 Å². The summed E-state index contributed by atoms with van der Waals surface area (Å²) in [5, 5.41) is 10.3. The fraction of sp³-hybridized carbons (Fsp3) is 0.700. The van der Waals surface area contributed by atoms with Crippen LogP contribution in [0.3, 0.4) is 0 Å². The van der Waals surface area contributed by atoms with Gasteiger partial charge in [0.05, 0.1) is 25.7 Å². The average molecular weight is 498 g/mol. The first-order valence-electron chi connectivity index (χ1n) is 11.3. The number of cyclic esters (lactones) is 1. The summed E-state index contributed by atoms with van der Waals surface area (Å²) in [5.41, 5.74) is 0. The van der Waals surface area contributed by atoms with Gasteiger partial charge in [0.15, 0.2) is 0 Å². The van der Waals surface area contributed by atoms with Crippen molar-refractivity contribution in [3.05, 3.63) is 4.91 Å². The van der Waals surface area contributed by atoms with Gasteiger partial charge in [0.1, 0.15) is 12.6 Å². The Balaban J connectivity index is 1.86. The number of ether oxygens (including phenoxy) is 1. The van der Waals surface area contributed by atoms with Gasteiger partial charge in [-0.15, -0.1) is 0 Å². The van der Waals surface area contributed by atoms with E-state index in [2.05, 4.69) is 21.1 Å². The summed E-state index contributed by atoms with van der Waals surface area (Å²) in [7, 11) is 0. The van der Waals surface area contributed by atoms with Crippen LogP contribution < -0.4 is 16.0 Å². The minimum atomic E-state index is -0.754. The van der Waals surface area contributed by atoms with E-state index in [0.29, 0.717) is 26.1 Å². The SMILES string of the molecule is CCNC(=O)N(C=O)CC(=O)N1CCN(C(CCN=O)C(=O)NCC(=O)NC2CCOC2=O)CC1. The van der Waals surface area contributed by atoms with Gasteiger partial charge in [-0.2, -0.15) is 4.91 Å². The number of nitrogens with one attached hydrogen (secondary N) is 3. The first-order chi connectivity index (χ1) is 16.8. The van der Waals surface area contributed by atoms with Crippen LogP contribution in [-0.2, 0) is 28.7 Å². The quantitative estimate of drug-likeness (QED) is 0.147. The Morgan fingerprint density at radius 3 is 2.49 bits per heavy atom. The van der Waals surface area contributed by atoms with E-state index in [0.717, 1.165) is 4.90 Å². The van der Waals surface area contributed by atoms with Gasteiger partial charge in [0.2, 0.25) is 24.1 Å². The van der Waals surface area contributed by atoms with Gasteiger partial charge in [-0.05, 0) is 13.3 Å². The zero-order valence-electron chi connectivity index (χ0n) is 19.6. The van der Waals surface area contributed by atoms with Crippen molar-refractivity contribution < 1.29 is 33.5 Å². The minimum absolute atomic E-state index is 0.113. The number of imide groups is 1. The van der Waals surface area contributed by atoms with Gasteiger partial charge < -0.3 is 25.6 Å². The molecule has 3 N–H and O–H groups in total. The molecule has 2 saturated heterocycles. The van der Waals surface area contributed by atoms with Crippen LogP contribution in [0.1, 0.15) is 19.8 Å². The first-order valence-corrected chi connectivity index (χ1v) is 11.3. The molecule has 0 radical (unpaired) electrons. The molecule has 2 aliphatic heterocycles. The molecule has 2 unspecified atom stereocenters. The molecule has 0 aromatic heterocycles. The molecule has 2 rings (SSSR count). The summed E-state index contributed by atoms with van der Waals surface area (Å²) in [6, 6.07) is -2.15. The fourth-order valence-corrected chi connectivity index (χ4v) is 3.75. The van der Waals surface area contributed by atoms with Crippen molar-refractivity contribution in [2.75, 3.05) is 59.0 Å². The lowest BCUT2D eigenvalue weighted by Crippen LogP contribution is -2.58. The monoisotopic (exact) mass is 497 g/mol. The summed E-state index contributed by atoms with van der Waals surface area (Å²) >= 11 is 0. The van der Waals surface area contributed by atoms with Crippen LogP contribution in [0.5, 0.6) is 0 Å². The Morgan fingerprint density at radius 1 is 1.20 bits per heavy atom. The normalized spacial score (nSPS) is 18.7. The molecule has 15 nitrogen and oxygen atoms in total. The maximum absolute atomic E-state index is 12.8. The van der Waals surface area contributed by atoms with Crippen LogP contribution in [0.15, 0.2) is 5.18 Å². The number of hydrogen-bond acceptors (Lipinski definition) is 10. The third-order valence-electron chi connectivity index (χ3n) is 5.62. The highest BCUT2D eigenvalue weighted by Gasteiger charge is 2.32. The van der Waals surface area contributed by atoms with Crippen molar-refractivity contribution in [1.82, 2.24) is 30.7 Å².